The summed E-state index contributed by atoms with van der Waals surface area (Å²) in [5, 5.41) is 3.08. The molecule has 1 atom stereocenters. The number of hydrogen-bond donors (Lipinski definition) is 1. The molecule has 0 aromatic heterocycles. The number of carbonyl (C=O) groups is 2. The molecule has 10 heteroatoms. The van der Waals surface area contributed by atoms with Crippen LogP contribution in [0.25, 0.3) is 0 Å². The Kier molecular flexibility index (Phi) is 10.6. The van der Waals surface area contributed by atoms with Crippen molar-refractivity contribution in [2.24, 2.45) is 0 Å². The number of nitrogens with zero attached hydrogens (tertiary/aromatic N) is 2. The highest BCUT2D eigenvalue weighted by Gasteiger charge is 2.35. The van der Waals surface area contributed by atoms with Gasteiger partial charge in [0.2, 0.25) is 11.8 Å². The van der Waals surface area contributed by atoms with Crippen molar-refractivity contribution in [3.8, 4) is 5.75 Å². The molecule has 0 saturated carbocycles. The third-order valence-corrected chi connectivity index (χ3v) is 8.65. The molecule has 214 valence electrons. The van der Waals surface area contributed by atoms with Crippen LogP contribution in [0.1, 0.15) is 37.0 Å². The highest BCUT2D eigenvalue weighted by molar-refractivity contribution is 7.92. The monoisotopic (exact) mass is 585 g/mol. The fourth-order valence-corrected chi connectivity index (χ4v) is 5.97. The highest BCUT2D eigenvalue weighted by atomic mass is 35.5. The van der Waals surface area contributed by atoms with Gasteiger partial charge >= 0.3 is 0 Å². The van der Waals surface area contributed by atoms with Crippen molar-refractivity contribution in [2.75, 3.05) is 24.5 Å². The second-order valence-electron chi connectivity index (χ2n) is 9.41. The summed E-state index contributed by atoms with van der Waals surface area (Å²) in [6, 6.07) is 17.7. The average Bonchev–Trinajstić information content (AvgIpc) is 2.92. The molecule has 0 spiro atoms. The molecular formula is C30H36ClN3O5S. The van der Waals surface area contributed by atoms with Crippen molar-refractivity contribution in [1.82, 2.24) is 10.2 Å². The first-order valence-corrected chi connectivity index (χ1v) is 14.9. The van der Waals surface area contributed by atoms with E-state index < -0.39 is 28.5 Å². The lowest BCUT2D eigenvalue weighted by atomic mass is 10.1. The van der Waals surface area contributed by atoms with Crippen molar-refractivity contribution < 1.29 is 22.7 Å². The Bertz CT molecular complexity index is 1440. The highest BCUT2D eigenvalue weighted by Crippen LogP contribution is 2.35. The SMILES string of the molecule is CCNC(=O)C(CC)N(Cc1ccccc1C)C(=O)CN(c1cc(Cl)ccc1OC)S(=O)(=O)c1ccc(C)cc1. The van der Waals surface area contributed by atoms with Crippen LogP contribution in [0.5, 0.6) is 5.75 Å². The van der Waals surface area contributed by atoms with Gasteiger partial charge in [0.1, 0.15) is 18.3 Å². The number of sulfonamides is 1. The van der Waals surface area contributed by atoms with E-state index in [0.29, 0.717) is 13.0 Å². The molecular weight excluding hydrogens is 550 g/mol. The summed E-state index contributed by atoms with van der Waals surface area (Å²) in [7, 11) is -2.83. The van der Waals surface area contributed by atoms with Gasteiger partial charge in [0.25, 0.3) is 10.0 Å². The van der Waals surface area contributed by atoms with Gasteiger partial charge in [-0.3, -0.25) is 13.9 Å². The smallest absolute Gasteiger partial charge is 0.264 e. The van der Waals surface area contributed by atoms with Crippen LogP contribution in [0.15, 0.2) is 71.6 Å². The topological polar surface area (TPSA) is 96.0 Å². The molecule has 0 radical (unpaired) electrons. The van der Waals surface area contributed by atoms with Gasteiger partial charge < -0.3 is 15.0 Å². The van der Waals surface area contributed by atoms with Crippen LogP contribution < -0.4 is 14.4 Å². The number of likely N-dealkylation sites (N-methyl/N-ethyl adjacent to an activating group) is 1. The Labute approximate surface area is 241 Å². The van der Waals surface area contributed by atoms with Gasteiger partial charge in [0, 0.05) is 18.1 Å². The van der Waals surface area contributed by atoms with Crippen molar-refractivity contribution >= 4 is 39.1 Å². The molecule has 0 fully saturated rings. The molecule has 0 bridgehead atoms. The first-order valence-electron chi connectivity index (χ1n) is 13.1. The van der Waals surface area contributed by atoms with E-state index in [1.165, 1.54) is 30.2 Å². The van der Waals surface area contributed by atoms with E-state index in [-0.39, 0.29) is 33.8 Å². The number of ether oxygens (including phenoxy) is 1. The quantitative estimate of drug-likeness (QED) is 0.319. The Morgan fingerprint density at radius 2 is 1.68 bits per heavy atom. The number of hydrogen-bond acceptors (Lipinski definition) is 5. The molecule has 0 saturated heterocycles. The Morgan fingerprint density at radius 3 is 2.27 bits per heavy atom. The van der Waals surface area contributed by atoms with Crippen LogP contribution in [0.2, 0.25) is 5.02 Å². The van der Waals surface area contributed by atoms with Gasteiger partial charge in [0.05, 0.1) is 17.7 Å². The third-order valence-electron chi connectivity index (χ3n) is 6.64. The molecule has 40 heavy (non-hydrogen) atoms. The molecule has 0 aliphatic heterocycles. The number of aryl methyl sites for hydroxylation is 2. The molecule has 3 aromatic carbocycles. The van der Waals surface area contributed by atoms with Crippen LogP contribution >= 0.6 is 11.6 Å². The lowest BCUT2D eigenvalue weighted by Gasteiger charge is -2.33. The van der Waals surface area contributed by atoms with Crippen LogP contribution in [0.4, 0.5) is 5.69 Å². The second-order valence-corrected chi connectivity index (χ2v) is 11.7. The lowest BCUT2D eigenvalue weighted by Crippen LogP contribution is -2.52. The Balaban J connectivity index is 2.14. The first kappa shape index (κ1) is 31.0. The van der Waals surface area contributed by atoms with Crippen molar-refractivity contribution in [2.45, 2.75) is 51.6 Å². The summed E-state index contributed by atoms with van der Waals surface area (Å²) in [4.78, 5) is 28.7. The maximum atomic E-state index is 14.1. The molecule has 3 aromatic rings. The number of amides is 2. The number of anilines is 1. The first-order chi connectivity index (χ1) is 19.0. The van der Waals surface area contributed by atoms with E-state index in [1.807, 2.05) is 45.0 Å². The van der Waals surface area contributed by atoms with Gasteiger partial charge in [-0.15, -0.1) is 0 Å². The van der Waals surface area contributed by atoms with Crippen molar-refractivity contribution in [1.29, 1.82) is 0 Å². The maximum absolute atomic E-state index is 14.1. The van der Waals surface area contributed by atoms with Gasteiger partial charge in [-0.1, -0.05) is 60.5 Å². The van der Waals surface area contributed by atoms with Gasteiger partial charge in [-0.25, -0.2) is 8.42 Å². The molecule has 0 aliphatic carbocycles. The zero-order chi connectivity index (χ0) is 29.4. The number of benzene rings is 3. The van der Waals surface area contributed by atoms with E-state index >= 15 is 0 Å². The van der Waals surface area contributed by atoms with Crippen LogP contribution in [0, 0.1) is 13.8 Å². The fraction of sp³-hybridized carbons (Fsp3) is 0.333. The van der Waals surface area contributed by atoms with E-state index in [4.69, 9.17) is 16.3 Å². The standard InChI is InChI=1S/C30H36ClN3O5S/c1-6-26(30(36)32-7-2)33(19-23-11-9-8-10-22(23)4)29(35)20-34(27-18-24(31)14-17-28(27)39-5)40(37,38)25-15-12-21(3)13-16-25/h8-18,26H,6-7,19-20H2,1-5H3,(H,32,36). The average molecular weight is 586 g/mol. The number of nitrogens with one attached hydrogen (secondary N) is 1. The normalized spacial score (nSPS) is 11.9. The number of carbonyl (C=O) groups excluding carboxylic acids is 2. The molecule has 2 amide bonds. The summed E-state index contributed by atoms with van der Waals surface area (Å²) >= 11 is 6.28. The van der Waals surface area contributed by atoms with Gasteiger partial charge in [-0.05, 0) is 68.7 Å². The van der Waals surface area contributed by atoms with Gasteiger partial charge in [0.15, 0.2) is 0 Å². The minimum absolute atomic E-state index is 0.00847. The van der Waals surface area contributed by atoms with Crippen molar-refractivity contribution in [3.05, 3.63) is 88.4 Å². The molecule has 8 nitrogen and oxygen atoms in total. The number of halogens is 1. The molecule has 1 unspecified atom stereocenters. The van der Waals surface area contributed by atoms with E-state index in [2.05, 4.69) is 5.32 Å². The summed E-state index contributed by atoms with van der Waals surface area (Å²) < 4.78 is 34.6. The molecule has 3 rings (SSSR count). The van der Waals surface area contributed by atoms with E-state index in [0.717, 1.165) is 21.0 Å². The Hall–Kier alpha value is -3.56. The van der Waals surface area contributed by atoms with Crippen LogP contribution in [-0.2, 0) is 26.2 Å². The zero-order valence-electron chi connectivity index (χ0n) is 23.5. The summed E-state index contributed by atoms with van der Waals surface area (Å²) in [5.74, 6) is -0.617. The second kappa shape index (κ2) is 13.7. The molecule has 1 N–H and O–H groups in total. The fourth-order valence-electron chi connectivity index (χ4n) is 4.39. The zero-order valence-corrected chi connectivity index (χ0v) is 25.1. The maximum Gasteiger partial charge on any atom is 0.264 e. The summed E-state index contributed by atoms with van der Waals surface area (Å²) in [6.45, 7) is 7.36. The lowest BCUT2D eigenvalue weighted by molar-refractivity contribution is -0.140. The largest absolute Gasteiger partial charge is 0.495 e. The van der Waals surface area contributed by atoms with Gasteiger partial charge in [-0.2, -0.15) is 0 Å². The summed E-state index contributed by atoms with van der Waals surface area (Å²) in [5.41, 5.74) is 2.81. The molecule has 0 heterocycles. The number of rotatable bonds is 12. The third kappa shape index (κ3) is 7.14. The minimum Gasteiger partial charge on any atom is -0.495 e. The van der Waals surface area contributed by atoms with E-state index in [9.17, 15) is 18.0 Å². The summed E-state index contributed by atoms with van der Waals surface area (Å²) in [6.07, 6.45) is 0.342. The van der Waals surface area contributed by atoms with E-state index in [1.54, 1.807) is 31.2 Å². The predicted octanol–water partition coefficient (Wildman–Crippen LogP) is 5.10. The van der Waals surface area contributed by atoms with Crippen LogP contribution in [-0.4, -0.2) is 51.4 Å². The number of methoxy groups -OCH3 is 1. The molecule has 0 aliphatic rings. The van der Waals surface area contributed by atoms with Crippen LogP contribution in [0.3, 0.4) is 0 Å². The predicted molar refractivity (Wildman–Crippen MR) is 158 cm³/mol. The van der Waals surface area contributed by atoms with Crippen molar-refractivity contribution in [3.63, 3.8) is 0 Å². The Morgan fingerprint density at radius 1 is 1.00 bits per heavy atom. The minimum atomic E-state index is -4.25.